The summed E-state index contributed by atoms with van der Waals surface area (Å²) in [5.74, 6) is -0.107. The van der Waals surface area contributed by atoms with Gasteiger partial charge in [-0.1, -0.05) is 66.7 Å². The summed E-state index contributed by atoms with van der Waals surface area (Å²) < 4.78 is 0. The molecule has 4 heteroatoms. The van der Waals surface area contributed by atoms with Gasteiger partial charge in [0, 0.05) is 13.0 Å². The molecule has 2 aliphatic rings. The summed E-state index contributed by atoms with van der Waals surface area (Å²) in [7, 11) is 0. The maximum atomic E-state index is 13.0. The van der Waals surface area contributed by atoms with E-state index in [0.29, 0.717) is 19.4 Å². The first-order valence-corrected chi connectivity index (χ1v) is 8.60. The van der Waals surface area contributed by atoms with Gasteiger partial charge in [-0.05, 0) is 29.5 Å². The molecule has 0 bridgehead atoms. The summed E-state index contributed by atoms with van der Waals surface area (Å²) in [6, 6.07) is 17.7. The van der Waals surface area contributed by atoms with Gasteiger partial charge < -0.3 is 5.32 Å². The molecule has 1 heterocycles. The second kappa shape index (κ2) is 6.20. The molecule has 1 aliphatic carbocycles. The molecule has 3 amide bonds. The van der Waals surface area contributed by atoms with Gasteiger partial charge in [0.15, 0.2) is 0 Å². The Morgan fingerprint density at radius 3 is 2.52 bits per heavy atom. The summed E-state index contributed by atoms with van der Waals surface area (Å²) in [5.41, 5.74) is 2.71. The number of fused-ring (bicyclic) bond motifs is 1. The van der Waals surface area contributed by atoms with Crippen LogP contribution in [0.5, 0.6) is 0 Å². The van der Waals surface area contributed by atoms with Crippen molar-refractivity contribution in [2.75, 3.05) is 6.54 Å². The van der Waals surface area contributed by atoms with Crippen LogP contribution in [0.4, 0.5) is 4.79 Å². The Morgan fingerprint density at radius 1 is 1.00 bits per heavy atom. The molecular formula is C21H20N2O2. The van der Waals surface area contributed by atoms with E-state index in [4.69, 9.17) is 0 Å². The molecule has 2 aromatic rings. The number of nitrogens with zero attached hydrogens (tertiary/aromatic N) is 1. The van der Waals surface area contributed by atoms with Crippen molar-refractivity contribution in [1.82, 2.24) is 10.2 Å². The normalized spacial score (nSPS) is 22.5. The number of carbonyl (C=O) groups excluding carboxylic acids is 2. The van der Waals surface area contributed by atoms with E-state index < -0.39 is 5.54 Å². The molecule has 126 valence electrons. The Morgan fingerprint density at radius 2 is 1.72 bits per heavy atom. The van der Waals surface area contributed by atoms with Gasteiger partial charge in [0.05, 0.1) is 0 Å². The largest absolute Gasteiger partial charge is 0.325 e. The number of hydrogen-bond acceptors (Lipinski definition) is 2. The zero-order chi connectivity index (χ0) is 17.3. The van der Waals surface area contributed by atoms with Gasteiger partial charge in [-0.2, -0.15) is 0 Å². The van der Waals surface area contributed by atoms with Gasteiger partial charge in [-0.3, -0.25) is 9.69 Å². The average Bonchev–Trinajstić information content (AvgIpc) is 2.86. The highest BCUT2D eigenvalue weighted by atomic mass is 16.2. The number of benzene rings is 2. The average molecular weight is 332 g/mol. The van der Waals surface area contributed by atoms with Crippen molar-refractivity contribution >= 4 is 18.0 Å². The number of urea groups is 1. The van der Waals surface area contributed by atoms with E-state index in [0.717, 1.165) is 17.5 Å². The van der Waals surface area contributed by atoms with Crippen molar-refractivity contribution in [2.24, 2.45) is 0 Å². The van der Waals surface area contributed by atoms with Crippen LogP contribution < -0.4 is 5.32 Å². The minimum absolute atomic E-state index is 0.107. The predicted octanol–water partition coefficient (Wildman–Crippen LogP) is 3.18. The number of rotatable bonds is 3. The van der Waals surface area contributed by atoms with E-state index in [2.05, 4.69) is 11.4 Å². The van der Waals surface area contributed by atoms with Crippen LogP contribution in [0.15, 0.2) is 60.7 Å². The summed E-state index contributed by atoms with van der Waals surface area (Å²) in [6.07, 6.45) is 5.85. The van der Waals surface area contributed by atoms with Crippen molar-refractivity contribution < 1.29 is 9.59 Å². The van der Waals surface area contributed by atoms with Crippen LogP contribution in [0.1, 0.15) is 23.1 Å². The van der Waals surface area contributed by atoms with Crippen LogP contribution in [-0.2, 0) is 17.6 Å². The third kappa shape index (κ3) is 2.84. The van der Waals surface area contributed by atoms with Crippen molar-refractivity contribution in [1.29, 1.82) is 0 Å². The van der Waals surface area contributed by atoms with Crippen molar-refractivity contribution in [3.63, 3.8) is 0 Å². The molecule has 1 spiro atoms. The fourth-order valence-corrected chi connectivity index (χ4v) is 3.73. The minimum atomic E-state index is -0.772. The number of aryl methyl sites for hydroxylation is 1. The van der Waals surface area contributed by atoms with Crippen LogP contribution in [0.25, 0.3) is 6.08 Å². The molecule has 1 N–H and O–H groups in total. The lowest BCUT2D eigenvalue weighted by atomic mass is 9.78. The molecule has 25 heavy (non-hydrogen) atoms. The number of amides is 3. The molecule has 0 radical (unpaired) electrons. The Balaban J connectivity index is 1.50. The van der Waals surface area contributed by atoms with E-state index in [9.17, 15) is 9.59 Å². The van der Waals surface area contributed by atoms with Crippen LogP contribution in [0.2, 0.25) is 0 Å². The van der Waals surface area contributed by atoms with Crippen LogP contribution in [-0.4, -0.2) is 28.9 Å². The van der Waals surface area contributed by atoms with Crippen LogP contribution in [0.3, 0.4) is 0 Å². The Kier molecular flexibility index (Phi) is 3.88. The second-order valence-electron chi connectivity index (χ2n) is 6.69. The Labute approximate surface area is 147 Å². The van der Waals surface area contributed by atoms with E-state index >= 15 is 0 Å². The first kappa shape index (κ1) is 15.6. The Bertz CT molecular complexity index is 844. The monoisotopic (exact) mass is 332 g/mol. The van der Waals surface area contributed by atoms with Crippen molar-refractivity contribution in [2.45, 2.75) is 24.8 Å². The maximum Gasteiger partial charge on any atom is 0.325 e. The summed E-state index contributed by atoms with van der Waals surface area (Å²) in [4.78, 5) is 26.7. The van der Waals surface area contributed by atoms with Crippen molar-refractivity contribution in [3.8, 4) is 0 Å². The topological polar surface area (TPSA) is 49.4 Å². The smallest absolute Gasteiger partial charge is 0.323 e. The van der Waals surface area contributed by atoms with Gasteiger partial charge in [0.1, 0.15) is 5.54 Å². The van der Waals surface area contributed by atoms with E-state index in [1.165, 1.54) is 10.5 Å². The third-order valence-electron chi connectivity index (χ3n) is 5.08. The zero-order valence-corrected chi connectivity index (χ0v) is 13.9. The highest BCUT2D eigenvalue weighted by molar-refractivity contribution is 6.07. The quantitative estimate of drug-likeness (QED) is 0.878. The molecule has 4 rings (SSSR count). The number of nitrogens with one attached hydrogen (secondary N) is 1. The highest BCUT2D eigenvalue weighted by Crippen LogP contribution is 2.33. The van der Waals surface area contributed by atoms with Crippen LogP contribution >= 0.6 is 0 Å². The third-order valence-corrected chi connectivity index (χ3v) is 5.08. The van der Waals surface area contributed by atoms with Gasteiger partial charge in [0.25, 0.3) is 5.91 Å². The highest BCUT2D eigenvalue weighted by Gasteiger charge is 2.51. The lowest BCUT2D eigenvalue weighted by molar-refractivity contribution is -0.131. The Hall–Kier alpha value is -2.88. The molecule has 0 aromatic heterocycles. The molecule has 4 nitrogen and oxygen atoms in total. The lowest BCUT2D eigenvalue weighted by Crippen LogP contribution is -2.51. The van der Waals surface area contributed by atoms with Crippen molar-refractivity contribution in [3.05, 3.63) is 77.4 Å². The fraction of sp³-hybridized carbons (Fsp3) is 0.238. The van der Waals surface area contributed by atoms with E-state index in [1.54, 1.807) is 0 Å². The fourth-order valence-electron chi connectivity index (χ4n) is 3.73. The summed E-state index contributed by atoms with van der Waals surface area (Å²) in [6.45, 7) is 0.295. The number of imide groups is 1. The number of carbonyl (C=O) groups is 2. The van der Waals surface area contributed by atoms with Gasteiger partial charge in [0.2, 0.25) is 0 Å². The molecular weight excluding hydrogens is 312 g/mol. The molecule has 0 saturated carbocycles. The SMILES string of the molecule is O=C1NC2(CCc3ccccc3C2)C(=O)N1C/C=C/c1ccccc1. The molecule has 1 atom stereocenters. The molecule has 1 fully saturated rings. The van der Waals surface area contributed by atoms with Gasteiger partial charge in [-0.15, -0.1) is 0 Å². The number of hydrogen-bond donors (Lipinski definition) is 1. The van der Waals surface area contributed by atoms with Gasteiger partial charge >= 0.3 is 6.03 Å². The molecule has 1 aliphatic heterocycles. The van der Waals surface area contributed by atoms with E-state index in [1.807, 2.05) is 60.7 Å². The van der Waals surface area contributed by atoms with Crippen LogP contribution in [0, 0.1) is 0 Å². The minimum Gasteiger partial charge on any atom is -0.323 e. The maximum absolute atomic E-state index is 13.0. The zero-order valence-electron chi connectivity index (χ0n) is 13.9. The second-order valence-corrected chi connectivity index (χ2v) is 6.69. The standard InChI is InChI=1S/C21H20N2O2/c24-19-21(13-12-17-10-4-5-11-18(17)15-21)22-20(25)23(19)14-6-9-16-7-2-1-3-8-16/h1-11H,12-15H2,(H,22,25)/b9-6+. The molecule has 1 saturated heterocycles. The molecule has 1 unspecified atom stereocenters. The summed E-state index contributed by atoms with van der Waals surface area (Å²) in [5, 5.41) is 2.96. The first-order chi connectivity index (χ1) is 12.2. The lowest BCUT2D eigenvalue weighted by Gasteiger charge is -2.32. The first-order valence-electron chi connectivity index (χ1n) is 8.60. The molecule has 2 aromatic carbocycles. The van der Waals surface area contributed by atoms with Gasteiger partial charge in [-0.25, -0.2) is 4.79 Å². The predicted molar refractivity (Wildman–Crippen MR) is 96.9 cm³/mol. The summed E-state index contributed by atoms with van der Waals surface area (Å²) >= 11 is 0. The van der Waals surface area contributed by atoms with E-state index in [-0.39, 0.29) is 11.9 Å².